The standard InChI is InChI=1S/C36H48N4O4/c1-4-7-9-22-37-36(42)39-30-14-19-34(27(6-3)26-30)44-32-17-12-29(13-18-32)38-35(41)28-10-15-31(16-11-28)43-33-20-24-40(25-21-33)23-8-5-2/h10-19,26,33H,4-9,20-25H2,1-3H3,(H,38,41)(H2,37,39,42). The van der Waals surface area contributed by atoms with Gasteiger partial charge >= 0.3 is 6.03 Å². The molecule has 3 N–H and O–H groups in total. The molecule has 0 radical (unpaired) electrons. The number of hydrogen-bond donors (Lipinski definition) is 3. The van der Waals surface area contributed by atoms with Crippen LogP contribution in [0.5, 0.6) is 17.2 Å². The largest absolute Gasteiger partial charge is 0.490 e. The van der Waals surface area contributed by atoms with Crippen molar-refractivity contribution < 1.29 is 19.1 Å². The first-order valence-corrected chi connectivity index (χ1v) is 16.2. The van der Waals surface area contributed by atoms with Crippen molar-refractivity contribution in [1.29, 1.82) is 0 Å². The molecule has 0 bridgehead atoms. The van der Waals surface area contributed by atoms with Crippen LogP contribution >= 0.6 is 0 Å². The monoisotopic (exact) mass is 600 g/mol. The molecule has 3 aromatic rings. The molecule has 0 spiro atoms. The molecule has 0 aromatic heterocycles. The summed E-state index contributed by atoms with van der Waals surface area (Å²) in [6.07, 6.45) is 8.71. The molecule has 3 amide bonds. The summed E-state index contributed by atoms with van der Waals surface area (Å²) >= 11 is 0. The quantitative estimate of drug-likeness (QED) is 0.153. The Hall–Kier alpha value is -4.04. The van der Waals surface area contributed by atoms with E-state index < -0.39 is 0 Å². The maximum atomic E-state index is 12.9. The SMILES string of the molecule is CCCCCNC(=O)Nc1ccc(Oc2ccc(NC(=O)c3ccc(OC4CCN(CCCC)CC4)cc3)cc2)c(CC)c1. The van der Waals surface area contributed by atoms with E-state index in [0.717, 1.165) is 74.4 Å². The van der Waals surface area contributed by atoms with E-state index in [4.69, 9.17) is 9.47 Å². The number of piperidine rings is 1. The van der Waals surface area contributed by atoms with E-state index in [1.54, 1.807) is 12.1 Å². The van der Waals surface area contributed by atoms with Crippen molar-refractivity contribution >= 4 is 23.3 Å². The molecule has 44 heavy (non-hydrogen) atoms. The van der Waals surface area contributed by atoms with Gasteiger partial charge in [-0.3, -0.25) is 4.79 Å². The Balaban J connectivity index is 1.25. The van der Waals surface area contributed by atoms with Crippen LogP contribution in [0.3, 0.4) is 0 Å². The minimum absolute atomic E-state index is 0.180. The normalized spacial score (nSPS) is 13.7. The molecule has 236 valence electrons. The number of ether oxygens (including phenoxy) is 2. The van der Waals surface area contributed by atoms with Crippen molar-refractivity contribution in [3.05, 3.63) is 77.9 Å². The lowest BCUT2D eigenvalue weighted by atomic mass is 10.1. The van der Waals surface area contributed by atoms with Gasteiger partial charge in [0.15, 0.2) is 0 Å². The van der Waals surface area contributed by atoms with Crippen LogP contribution in [-0.4, -0.2) is 49.1 Å². The molecule has 8 nitrogen and oxygen atoms in total. The number of likely N-dealkylation sites (tertiary alicyclic amines) is 1. The Morgan fingerprint density at radius 1 is 0.795 bits per heavy atom. The molecule has 8 heteroatoms. The zero-order chi connectivity index (χ0) is 31.1. The van der Waals surface area contributed by atoms with Crippen LogP contribution in [0.15, 0.2) is 66.7 Å². The fourth-order valence-electron chi connectivity index (χ4n) is 5.23. The van der Waals surface area contributed by atoms with Crippen LogP contribution in [0.25, 0.3) is 0 Å². The Morgan fingerprint density at radius 3 is 2.16 bits per heavy atom. The number of carbonyl (C=O) groups is 2. The van der Waals surface area contributed by atoms with Gasteiger partial charge in [-0.05, 0) is 111 Å². The Bertz CT molecular complexity index is 1320. The lowest BCUT2D eigenvalue weighted by Gasteiger charge is -2.32. The zero-order valence-corrected chi connectivity index (χ0v) is 26.5. The topological polar surface area (TPSA) is 91.9 Å². The van der Waals surface area contributed by atoms with E-state index >= 15 is 0 Å². The average molecular weight is 601 g/mol. The molecule has 0 saturated carbocycles. The molecule has 1 fully saturated rings. The first kappa shape index (κ1) is 32.9. The van der Waals surface area contributed by atoms with Gasteiger partial charge in [0.1, 0.15) is 23.4 Å². The molecule has 0 atom stereocenters. The van der Waals surface area contributed by atoms with Crippen molar-refractivity contribution in [2.75, 3.05) is 36.8 Å². The minimum atomic E-state index is -0.201. The van der Waals surface area contributed by atoms with E-state index in [1.165, 1.54) is 19.4 Å². The van der Waals surface area contributed by atoms with Crippen LogP contribution < -0.4 is 25.4 Å². The third kappa shape index (κ3) is 10.3. The molecule has 0 unspecified atom stereocenters. The minimum Gasteiger partial charge on any atom is -0.490 e. The van der Waals surface area contributed by atoms with Gasteiger partial charge in [0, 0.05) is 36.6 Å². The second kappa shape index (κ2) is 17.3. The maximum absolute atomic E-state index is 12.9. The molecule has 1 saturated heterocycles. The molecular weight excluding hydrogens is 552 g/mol. The predicted octanol–water partition coefficient (Wildman–Crippen LogP) is 8.25. The van der Waals surface area contributed by atoms with E-state index in [9.17, 15) is 9.59 Å². The van der Waals surface area contributed by atoms with Gasteiger partial charge in [-0.1, -0.05) is 40.0 Å². The highest BCUT2D eigenvalue weighted by Gasteiger charge is 2.20. The summed E-state index contributed by atoms with van der Waals surface area (Å²) in [7, 11) is 0. The van der Waals surface area contributed by atoms with Crippen molar-refractivity contribution in [3.8, 4) is 17.2 Å². The second-order valence-electron chi connectivity index (χ2n) is 11.4. The third-order valence-electron chi connectivity index (χ3n) is 7.89. The van der Waals surface area contributed by atoms with Crippen LogP contribution in [-0.2, 0) is 6.42 Å². The van der Waals surface area contributed by atoms with E-state index in [-0.39, 0.29) is 18.0 Å². The van der Waals surface area contributed by atoms with Crippen LogP contribution in [0.2, 0.25) is 0 Å². The molecule has 0 aliphatic carbocycles. The Kier molecular flexibility index (Phi) is 12.9. The number of rotatable bonds is 15. The summed E-state index contributed by atoms with van der Waals surface area (Å²) in [6, 6.07) is 20.1. The first-order valence-electron chi connectivity index (χ1n) is 16.2. The fourth-order valence-corrected chi connectivity index (χ4v) is 5.23. The summed E-state index contributed by atoms with van der Waals surface area (Å²) in [4.78, 5) is 27.6. The molecule has 1 heterocycles. The van der Waals surface area contributed by atoms with E-state index in [1.807, 2.05) is 61.5 Å². The molecule has 1 aliphatic heterocycles. The highest BCUT2D eigenvalue weighted by molar-refractivity contribution is 6.04. The number of nitrogens with zero attached hydrogens (tertiary/aromatic N) is 1. The lowest BCUT2D eigenvalue weighted by molar-refractivity contribution is 0.0996. The number of nitrogens with one attached hydrogen (secondary N) is 3. The van der Waals surface area contributed by atoms with Crippen molar-refractivity contribution in [1.82, 2.24) is 10.2 Å². The number of carbonyl (C=O) groups excluding carboxylic acids is 2. The van der Waals surface area contributed by atoms with Crippen LogP contribution in [0, 0.1) is 0 Å². The highest BCUT2D eigenvalue weighted by Crippen LogP contribution is 2.29. The number of anilines is 2. The fraction of sp³-hybridized carbons (Fsp3) is 0.444. The third-order valence-corrected chi connectivity index (χ3v) is 7.89. The number of amides is 3. The van der Waals surface area contributed by atoms with Gasteiger partial charge in [0.05, 0.1) is 0 Å². The first-order chi connectivity index (χ1) is 21.5. The van der Waals surface area contributed by atoms with Crippen molar-refractivity contribution in [3.63, 3.8) is 0 Å². The molecule has 1 aliphatic rings. The summed E-state index contributed by atoms with van der Waals surface area (Å²) in [5.41, 5.74) is 2.96. The average Bonchev–Trinajstić information content (AvgIpc) is 3.04. The molecular formula is C36H48N4O4. The number of urea groups is 1. The van der Waals surface area contributed by atoms with Crippen molar-refractivity contribution in [2.45, 2.75) is 78.2 Å². The van der Waals surface area contributed by atoms with Gasteiger partial charge in [-0.25, -0.2) is 4.79 Å². The predicted molar refractivity (Wildman–Crippen MR) is 178 cm³/mol. The van der Waals surface area contributed by atoms with E-state index in [0.29, 0.717) is 23.5 Å². The zero-order valence-electron chi connectivity index (χ0n) is 26.5. The van der Waals surface area contributed by atoms with Crippen molar-refractivity contribution in [2.24, 2.45) is 0 Å². The summed E-state index contributed by atoms with van der Waals surface area (Å²) in [6.45, 7) is 10.4. The molecule has 3 aromatic carbocycles. The second-order valence-corrected chi connectivity index (χ2v) is 11.4. The van der Waals surface area contributed by atoms with Crippen LogP contribution in [0.4, 0.5) is 16.2 Å². The van der Waals surface area contributed by atoms with Gasteiger partial charge in [0.25, 0.3) is 5.91 Å². The highest BCUT2D eigenvalue weighted by atomic mass is 16.5. The summed E-state index contributed by atoms with van der Waals surface area (Å²) < 4.78 is 12.3. The van der Waals surface area contributed by atoms with Crippen LogP contribution in [0.1, 0.15) is 81.6 Å². The summed E-state index contributed by atoms with van der Waals surface area (Å²) in [5.74, 6) is 2.00. The van der Waals surface area contributed by atoms with Gasteiger partial charge in [-0.15, -0.1) is 0 Å². The molecule has 4 rings (SSSR count). The Labute approximate surface area is 262 Å². The summed E-state index contributed by atoms with van der Waals surface area (Å²) in [5, 5.41) is 8.74. The number of unbranched alkanes of at least 4 members (excludes halogenated alkanes) is 3. The van der Waals surface area contributed by atoms with Gasteiger partial charge in [0.2, 0.25) is 0 Å². The van der Waals surface area contributed by atoms with Gasteiger partial charge < -0.3 is 30.3 Å². The number of hydrogen-bond acceptors (Lipinski definition) is 5. The maximum Gasteiger partial charge on any atom is 0.319 e. The van der Waals surface area contributed by atoms with Gasteiger partial charge in [-0.2, -0.15) is 0 Å². The number of benzene rings is 3. The van der Waals surface area contributed by atoms with E-state index in [2.05, 4.69) is 34.7 Å². The number of aryl methyl sites for hydroxylation is 1. The smallest absolute Gasteiger partial charge is 0.319 e. The lowest BCUT2D eigenvalue weighted by Crippen LogP contribution is -2.38. The Morgan fingerprint density at radius 2 is 1.48 bits per heavy atom.